The number of hydrogen-bond acceptors (Lipinski definition) is 6. The van der Waals surface area contributed by atoms with Crippen LogP contribution in [0.15, 0.2) is 35.5 Å². The molecule has 8 nitrogen and oxygen atoms in total. The van der Waals surface area contributed by atoms with Gasteiger partial charge in [-0.3, -0.25) is 14.5 Å². The molecule has 0 atom stereocenters. The van der Waals surface area contributed by atoms with Crippen LogP contribution in [0.4, 0.5) is 13.2 Å². The van der Waals surface area contributed by atoms with Gasteiger partial charge in [0.1, 0.15) is 17.3 Å². The zero-order chi connectivity index (χ0) is 22.4. The lowest BCUT2D eigenvalue weighted by Crippen LogP contribution is -2.37. The zero-order valence-electron chi connectivity index (χ0n) is 14.9. The molecule has 1 aromatic carbocycles. The molecule has 30 heavy (non-hydrogen) atoms. The normalized spacial score (nSPS) is 14.2. The molecule has 0 spiro atoms. The third-order valence-electron chi connectivity index (χ3n) is 3.98. The summed E-state index contributed by atoms with van der Waals surface area (Å²) in [5.74, 6) is -1.78. The number of halogens is 5. The van der Waals surface area contributed by atoms with E-state index in [0.29, 0.717) is 6.20 Å². The van der Waals surface area contributed by atoms with E-state index in [1.165, 1.54) is 19.1 Å². The van der Waals surface area contributed by atoms with Gasteiger partial charge in [0, 0.05) is 18.0 Å². The van der Waals surface area contributed by atoms with Crippen LogP contribution < -0.4 is 4.72 Å². The Morgan fingerprint density at radius 1 is 1.23 bits per heavy atom. The van der Waals surface area contributed by atoms with E-state index >= 15 is 0 Å². The molecule has 0 aliphatic carbocycles. The molecule has 160 valence electrons. The highest BCUT2D eigenvalue weighted by Gasteiger charge is 2.38. The van der Waals surface area contributed by atoms with Gasteiger partial charge in [0.05, 0.1) is 10.1 Å². The molecule has 2 aromatic rings. The first-order valence-corrected chi connectivity index (χ1v) is 10.2. The van der Waals surface area contributed by atoms with Crippen molar-refractivity contribution in [2.45, 2.75) is 24.8 Å². The van der Waals surface area contributed by atoms with Crippen molar-refractivity contribution in [3.63, 3.8) is 0 Å². The number of amides is 1. The molecule has 1 N–H and O–H groups in total. The number of carbonyl (C=O) groups excluding carboxylic acids is 2. The van der Waals surface area contributed by atoms with Gasteiger partial charge in [-0.1, -0.05) is 23.2 Å². The summed E-state index contributed by atoms with van der Waals surface area (Å²) in [6.07, 6.45) is -3.18. The lowest BCUT2D eigenvalue weighted by atomic mass is 10.1. The Balaban J connectivity index is 1.89. The van der Waals surface area contributed by atoms with E-state index in [-0.39, 0.29) is 21.3 Å². The largest absolute Gasteiger partial charge is 0.485 e. The van der Waals surface area contributed by atoms with E-state index in [9.17, 15) is 31.2 Å². The van der Waals surface area contributed by atoms with Crippen LogP contribution in [0.25, 0.3) is 5.03 Å². The van der Waals surface area contributed by atoms with Gasteiger partial charge in [0.25, 0.3) is 15.9 Å². The summed E-state index contributed by atoms with van der Waals surface area (Å²) in [7, 11) is -4.51. The number of sulfonamides is 1. The van der Waals surface area contributed by atoms with Gasteiger partial charge in [-0.2, -0.15) is 13.2 Å². The lowest BCUT2D eigenvalue weighted by Gasteiger charge is -2.27. The SMILES string of the molecule is CC(=O)c1ccc(Cl)c(S(=O)(=O)NC(=O)c2cn3c(n2)C(Cl)=CN(C(F)(F)F)C3)c1. The van der Waals surface area contributed by atoms with Gasteiger partial charge >= 0.3 is 6.30 Å². The van der Waals surface area contributed by atoms with Gasteiger partial charge in [0.2, 0.25) is 0 Å². The van der Waals surface area contributed by atoms with Crippen molar-refractivity contribution < 1.29 is 31.2 Å². The molecule has 0 saturated heterocycles. The number of rotatable bonds is 4. The van der Waals surface area contributed by atoms with Crippen molar-refractivity contribution in [1.29, 1.82) is 0 Å². The minimum Gasteiger partial charge on any atom is -0.311 e. The van der Waals surface area contributed by atoms with E-state index in [1.807, 2.05) is 0 Å². The van der Waals surface area contributed by atoms with Crippen molar-refractivity contribution in [3.8, 4) is 0 Å². The summed E-state index contributed by atoms with van der Waals surface area (Å²) in [4.78, 5) is 27.1. The fourth-order valence-electron chi connectivity index (χ4n) is 2.53. The molecular formula is C16H11Cl2F3N4O4S. The van der Waals surface area contributed by atoms with E-state index < -0.39 is 50.3 Å². The second-order valence-electron chi connectivity index (χ2n) is 6.11. The van der Waals surface area contributed by atoms with Crippen LogP contribution in [-0.2, 0) is 16.7 Å². The molecular weight excluding hydrogens is 472 g/mol. The van der Waals surface area contributed by atoms with Crippen molar-refractivity contribution in [2.24, 2.45) is 0 Å². The van der Waals surface area contributed by atoms with Crippen LogP contribution in [0.3, 0.4) is 0 Å². The van der Waals surface area contributed by atoms with Gasteiger partial charge in [0.15, 0.2) is 11.6 Å². The number of nitrogens with zero attached hydrogens (tertiary/aromatic N) is 3. The van der Waals surface area contributed by atoms with E-state index in [4.69, 9.17) is 23.2 Å². The average molecular weight is 483 g/mol. The molecule has 0 fully saturated rings. The first-order valence-electron chi connectivity index (χ1n) is 7.95. The molecule has 1 aliphatic heterocycles. The van der Waals surface area contributed by atoms with Crippen LogP contribution in [-0.4, -0.2) is 40.9 Å². The quantitative estimate of drug-likeness (QED) is 0.530. The Labute approximate surface area is 177 Å². The summed E-state index contributed by atoms with van der Waals surface area (Å²) < 4.78 is 66.5. The van der Waals surface area contributed by atoms with Gasteiger partial charge in [-0.15, -0.1) is 0 Å². The molecule has 3 rings (SSSR count). The Kier molecular flexibility index (Phi) is 5.60. The first kappa shape index (κ1) is 22.1. The second kappa shape index (κ2) is 7.60. The van der Waals surface area contributed by atoms with Crippen LogP contribution in [0, 0.1) is 0 Å². The smallest absolute Gasteiger partial charge is 0.311 e. The van der Waals surface area contributed by atoms with Crippen molar-refractivity contribution in [3.05, 3.63) is 52.7 Å². The van der Waals surface area contributed by atoms with Crippen LogP contribution in [0.1, 0.15) is 33.6 Å². The number of carbonyl (C=O) groups is 2. The van der Waals surface area contributed by atoms with E-state index in [0.717, 1.165) is 16.8 Å². The third-order valence-corrected chi connectivity index (χ3v) is 6.06. The lowest BCUT2D eigenvalue weighted by molar-refractivity contribution is -0.237. The Hall–Kier alpha value is -2.57. The number of aromatic nitrogens is 2. The summed E-state index contributed by atoms with van der Waals surface area (Å²) in [5, 5.41) is -0.631. The number of imidazole rings is 1. The van der Waals surface area contributed by atoms with Crippen molar-refractivity contribution in [1.82, 2.24) is 19.2 Å². The number of benzene rings is 1. The van der Waals surface area contributed by atoms with Crippen LogP contribution >= 0.6 is 23.2 Å². The maximum absolute atomic E-state index is 12.9. The van der Waals surface area contributed by atoms with Crippen LogP contribution in [0.2, 0.25) is 5.02 Å². The maximum atomic E-state index is 12.9. The van der Waals surface area contributed by atoms with Gasteiger partial charge in [-0.05, 0) is 25.1 Å². The Bertz CT molecular complexity index is 1190. The first-order chi connectivity index (χ1) is 13.8. The molecule has 14 heteroatoms. The number of alkyl halides is 3. The zero-order valence-corrected chi connectivity index (χ0v) is 17.2. The Morgan fingerprint density at radius 2 is 1.90 bits per heavy atom. The minimum absolute atomic E-state index is 0.0323. The molecule has 1 aromatic heterocycles. The predicted octanol–water partition coefficient (Wildman–Crippen LogP) is 3.19. The molecule has 0 bridgehead atoms. The fraction of sp³-hybridized carbons (Fsp3) is 0.188. The predicted molar refractivity (Wildman–Crippen MR) is 100 cm³/mol. The van der Waals surface area contributed by atoms with Gasteiger partial charge < -0.3 is 4.57 Å². The molecule has 0 unspecified atom stereocenters. The molecule has 0 radical (unpaired) electrons. The minimum atomic E-state index is -4.72. The fourth-order valence-corrected chi connectivity index (χ4v) is 4.29. The van der Waals surface area contributed by atoms with Gasteiger partial charge in [-0.25, -0.2) is 18.1 Å². The van der Waals surface area contributed by atoms with E-state index in [2.05, 4.69) is 4.98 Å². The highest BCUT2D eigenvalue weighted by molar-refractivity contribution is 7.90. The molecule has 1 amide bonds. The number of fused-ring (bicyclic) bond motifs is 1. The summed E-state index contributed by atoms with van der Waals surface area (Å²) in [5.41, 5.74) is -0.433. The summed E-state index contributed by atoms with van der Waals surface area (Å²) in [6.45, 7) is 0.490. The molecule has 0 saturated carbocycles. The summed E-state index contributed by atoms with van der Waals surface area (Å²) in [6, 6.07) is 3.50. The number of hydrogen-bond donors (Lipinski definition) is 1. The highest BCUT2D eigenvalue weighted by Crippen LogP contribution is 2.31. The average Bonchev–Trinajstić information content (AvgIpc) is 3.05. The summed E-state index contributed by atoms with van der Waals surface area (Å²) >= 11 is 11.7. The Morgan fingerprint density at radius 3 is 2.50 bits per heavy atom. The standard InChI is InChI=1S/C16H11Cl2F3N4O4S/c1-8(26)9-2-3-10(17)13(4-9)30(28,29)23-15(27)12-6-24-7-25(16(19,20)21)5-11(18)14(24)22-12/h2-6H,7H2,1H3,(H,23,27). The van der Waals surface area contributed by atoms with Crippen molar-refractivity contribution in [2.75, 3.05) is 0 Å². The van der Waals surface area contributed by atoms with Crippen LogP contribution in [0.5, 0.6) is 0 Å². The molecule has 1 aliphatic rings. The number of ketones is 1. The molecule has 2 heterocycles. The van der Waals surface area contributed by atoms with E-state index in [1.54, 1.807) is 4.72 Å². The van der Waals surface area contributed by atoms with Crippen molar-refractivity contribution >= 4 is 49.9 Å². The topological polar surface area (TPSA) is 101 Å². The third kappa shape index (κ3) is 4.30. The second-order valence-corrected chi connectivity index (χ2v) is 8.58. The number of nitrogens with one attached hydrogen (secondary N) is 1. The maximum Gasteiger partial charge on any atom is 0.485 e. The monoisotopic (exact) mass is 482 g/mol. The number of Topliss-reactive ketones (excluding diaryl/α,β-unsaturated/α-hetero) is 1. The highest BCUT2D eigenvalue weighted by atomic mass is 35.5.